The molecular weight excluding hydrogens is 288 g/mol. The summed E-state index contributed by atoms with van der Waals surface area (Å²) in [7, 11) is 0. The van der Waals surface area contributed by atoms with E-state index in [2.05, 4.69) is 58.2 Å². The maximum Gasteiger partial charge on any atom is 0.0415 e. The van der Waals surface area contributed by atoms with Gasteiger partial charge in [0.05, 0.1) is 0 Å². The average Bonchev–Trinajstić information content (AvgIpc) is 2.76. The predicted molar refractivity (Wildman–Crippen MR) is 82.2 cm³/mol. The van der Waals surface area contributed by atoms with Crippen LogP contribution in [0.15, 0.2) is 22.7 Å². The molecule has 0 aromatic heterocycles. The minimum absolute atomic E-state index is 0.677. The Bertz CT molecular complexity index is 392. The molecule has 0 saturated carbocycles. The van der Waals surface area contributed by atoms with Gasteiger partial charge in [0.15, 0.2) is 0 Å². The van der Waals surface area contributed by atoms with E-state index in [1.807, 2.05) is 0 Å². The molecule has 3 heteroatoms. The third kappa shape index (κ3) is 3.27. The van der Waals surface area contributed by atoms with E-state index in [-0.39, 0.29) is 0 Å². The van der Waals surface area contributed by atoms with Crippen molar-refractivity contribution in [1.29, 1.82) is 0 Å². The predicted octanol–water partition coefficient (Wildman–Crippen LogP) is 3.94. The first kappa shape index (κ1) is 13.9. The lowest BCUT2D eigenvalue weighted by molar-refractivity contribution is 0.669. The van der Waals surface area contributed by atoms with Crippen molar-refractivity contribution < 1.29 is 0 Å². The van der Waals surface area contributed by atoms with Crippen LogP contribution in [0.3, 0.4) is 0 Å². The summed E-state index contributed by atoms with van der Waals surface area (Å²) in [6, 6.07) is 7.35. The van der Waals surface area contributed by atoms with Crippen LogP contribution in [0.4, 0.5) is 5.69 Å². The molecule has 1 aliphatic heterocycles. The van der Waals surface area contributed by atoms with Crippen LogP contribution in [-0.4, -0.2) is 19.1 Å². The first-order chi connectivity index (χ1) is 8.72. The summed E-state index contributed by atoms with van der Waals surface area (Å²) in [5.41, 5.74) is 2.82. The lowest BCUT2D eigenvalue weighted by Crippen LogP contribution is -2.28. The first-order valence-corrected chi connectivity index (χ1v) is 7.77. The Hall–Kier alpha value is -0.540. The normalized spacial score (nSPS) is 19.5. The number of nitrogens with zero attached hydrogens (tertiary/aromatic N) is 1. The third-order valence-corrected chi connectivity index (χ3v) is 4.14. The van der Waals surface area contributed by atoms with Crippen molar-refractivity contribution in [3.63, 3.8) is 0 Å². The largest absolute Gasteiger partial charge is 0.369 e. The van der Waals surface area contributed by atoms with E-state index in [0.717, 1.165) is 13.1 Å². The van der Waals surface area contributed by atoms with E-state index in [1.54, 1.807) is 0 Å². The topological polar surface area (TPSA) is 15.3 Å². The molecule has 2 rings (SSSR count). The second kappa shape index (κ2) is 6.58. The summed E-state index contributed by atoms with van der Waals surface area (Å²) in [4.78, 5) is 2.55. The number of rotatable bonds is 5. The molecule has 1 aliphatic rings. The van der Waals surface area contributed by atoms with Gasteiger partial charge < -0.3 is 10.2 Å². The van der Waals surface area contributed by atoms with E-state index >= 15 is 0 Å². The Balaban J connectivity index is 2.17. The Morgan fingerprint density at radius 2 is 2.28 bits per heavy atom. The van der Waals surface area contributed by atoms with Gasteiger partial charge in [-0.25, -0.2) is 0 Å². The average molecular weight is 311 g/mol. The highest BCUT2D eigenvalue weighted by Crippen LogP contribution is 2.30. The van der Waals surface area contributed by atoms with Crippen LogP contribution in [0.5, 0.6) is 0 Å². The van der Waals surface area contributed by atoms with Crippen LogP contribution < -0.4 is 10.2 Å². The summed E-state index contributed by atoms with van der Waals surface area (Å²) in [6.07, 6.45) is 3.82. The van der Waals surface area contributed by atoms with Crippen molar-refractivity contribution >= 4 is 21.6 Å². The zero-order valence-corrected chi connectivity index (χ0v) is 13.0. The molecular formula is C15H23BrN2. The molecule has 1 aromatic carbocycles. The van der Waals surface area contributed by atoms with Gasteiger partial charge in [-0.1, -0.05) is 22.9 Å². The molecule has 18 heavy (non-hydrogen) atoms. The van der Waals surface area contributed by atoms with Gasteiger partial charge in [-0.3, -0.25) is 0 Å². The minimum Gasteiger partial charge on any atom is -0.369 e. The lowest BCUT2D eigenvalue weighted by Gasteiger charge is -2.26. The number of nitrogens with one attached hydrogen (secondary N) is 1. The smallest absolute Gasteiger partial charge is 0.0415 e. The molecule has 0 radical (unpaired) electrons. The van der Waals surface area contributed by atoms with E-state index in [1.165, 1.54) is 41.5 Å². The molecule has 1 unspecified atom stereocenters. The van der Waals surface area contributed by atoms with Gasteiger partial charge in [0.25, 0.3) is 0 Å². The zero-order valence-electron chi connectivity index (χ0n) is 11.4. The summed E-state index contributed by atoms with van der Waals surface area (Å²) in [5.74, 6) is 0. The maximum atomic E-state index is 3.58. The molecule has 0 bridgehead atoms. The number of benzene rings is 1. The van der Waals surface area contributed by atoms with Crippen molar-refractivity contribution in [2.24, 2.45) is 0 Å². The zero-order chi connectivity index (χ0) is 13.0. The van der Waals surface area contributed by atoms with Gasteiger partial charge in [-0.05, 0) is 56.5 Å². The fourth-order valence-electron chi connectivity index (χ4n) is 2.67. The Kier molecular flexibility index (Phi) is 5.07. The molecule has 1 aromatic rings. The van der Waals surface area contributed by atoms with Crippen LogP contribution >= 0.6 is 15.9 Å². The number of anilines is 1. The molecule has 0 amide bonds. The van der Waals surface area contributed by atoms with Gasteiger partial charge in [-0.2, -0.15) is 0 Å². The van der Waals surface area contributed by atoms with Crippen molar-refractivity contribution in [3.8, 4) is 0 Å². The quantitative estimate of drug-likeness (QED) is 0.829. The highest BCUT2D eigenvalue weighted by Gasteiger charge is 2.22. The summed E-state index contributed by atoms with van der Waals surface area (Å²) in [5, 5.41) is 3.51. The minimum atomic E-state index is 0.677. The molecule has 2 nitrogen and oxygen atoms in total. The molecule has 0 aliphatic carbocycles. The Labute approximate surface area is 119 Å². The second-order valence-electron chi connectivity index (χ2n) is 5.13. The van der Waals surface area contributed by atoms with Crippen molar-refractivity contribution in [2.45, 2.75) is 45.7 Å². The van der Waals surface area contributed by atoms with Crippen LogP contribution in [-0.2, 0) is 6.54 Å². The van der Waals surface area contributed by atoms with Gasteiger partial charge in [0.2, 0.25) is 0 Å². The highest BCUT2D eigenvalue weighted by atomic mass is 79.9. The van der Waals surface area contributed by atoms with Gasteiger partial charge in [-0.15, -0.1) is 0 Å². The molecule has 1 fully saturated rings. The van der Waals surface area contributed by atoms with Crippen molar-refractivity contribution in [3.05, 3.63) is 28.2 Å². The fraction of sp³-hybridized carbons (Fsp3) is 0.600. The first-order valence-electron chi connectivity index (χ1n) is 6.98. The second-order valence-corrected chi connectivity index (χ2v) is 6.05. The van der Waals surface area contributed by atoms with E-state index < -0.39 is 0 Å². The van der Waals surface area contributed by atoms with Crippen LogP contribution in [0.2, 0.25) is 0 Å². The van der Waals surface area contributed by atoms with Gasteiger partial charge in [0.1, 0.15) is 0 Å². The van der Waals surface area contributed by atoms with Crippen molar-refractivity contribution in [1.82, 2.24) is 5.32 Å². The van der Waals surface area contributed by atoms with Crippen LogP contribution in [0, 0.1) is 0 Å². The van der Waals surface area contributed by atoms with Crippen LogP contribution in [0.1, 0.15) is 38.7 Å². The summed E-state index contributed by atoms with van der Waals surface area (Å²) < 4.78 is 1.17. The monoisotopic (exact) mass is 310 g/mol. The molecule has 100 valence electrons. The maximum absolute atomic E-state index is 3.58. The van der Waals surface area contributed by atoms with E-state index in [4.69, 9.17) is 0 Å². The van der Waals surface area contributed by atoms with E-state index in [9.17, 15) is 0 Å². The van der Waals surface area contributed by atoms with Crippen LogP contribution in [0.25, 0.3) is 0 Å². The summed E-state index contributed by atoms with van der Waals surface area (Å²) in [6.45, 7) is 7.78. The van der Waals surface area contributed by atoms with E-state index in [0.29, 0.717) is 6.04 Å². The highest BCUT2D eigenvalue weighted by molar-refractivity contribution is 9.10. The lowest BCUT2D eigenvalue weighted by atomic mass is 10.1. The molecule has 1 N–H and O–H groups in total. The molecule has 0 spiro atoms. The third-order valence-electron chi connectivity index (χ3n) is 3.65. The number of halogens is 1. The van der Waals surface area contributed by atoms with Gasteiger partial charge >= 0.3 is 0 Å². The Morgan fingerprint density at radius 1 is 1.44 bits per heavy atom. The standard InChI is InChI=1S/C15H23BrN2/c1-3-8-17-11-13-10-14(16)6-7-15(13)18-9-4-5-12(18)2/h6-7,10,12,17H,3-5,8-9,11H2,1-2H3. The number of hydrogen-bond acceptors (Lipinski definition) is 2. The molecule has 1 saturated heterocycles. The number of hydrogen-bond donors (Lipinski definition) is 1. The SMILES string of the molecule is CCCNCc1cc(Br)ccc1N1CCCC1C. The Morgan fingerprint density at radius 3 is 2.94 bits per heavy atom. The molecule has 1 heterocycles. The van der Waals surface area contributed by atoms with Gasteiger partial charge in [0, 0.05) is 29.3 Å². The summed E-state index contributed by atoms with van der Waals surface area (Å²) >= 11 is 3.58. The molecule has 1 atom stereocenters. The van der Waals surface area contributed by atoms with Crippen molar-refractivity contribution in [2.75, 3.05) is 18.0 Å². The fourth-order valence-corrected chi connectivity index (χ4v) is 3.08.